The predicted molar refractivity (Wildman–Crippen MR) is 87.4 cm³/mol. The van der Waals surface area contributed by atoms with Crippen molar-refractivity contribution in [2.45, 2.75) is 25.2 Å². The molecule has 2 rings (SSSR count). The van der Waals surface area contributed by atoms with Crippen LogP contribution < -0.4 is 10.0 Å². The molecule has 0 bridgehead atoms. The lowest BCUT2D eigenvalue weighted by molar-refractivity contribution is -0.119. The van der Waals surface area contributed by atoms with Crippen LogP contribution in [-0.2, 0) is 14.8 Å². The Balaban J connectivity index is 2.11. The Hall–Kier alpha value is -2.48. The van der Waals surface area contributed by atoms with Gasteiger partial charge in [0.1, 0.15) is 0 Å². The molecule has 7 nitrogen and oxygen atoms in total. The van der Waals surface area contributed by atoms with Crippen LogP contribution >= 0.6 is 0 Å². The van der Waals surface area contributed by atoms with Crippen molar-refractivity contribution in [3.05, 3.63) is 42.7 Å². The quantitative estimate of drug-likeness (QED) is 0.844. The standard InChI is InChI=1S/C15H18N4O3S/c1-3-11(2)14(20)18-12-5-7-13(8-6-12)23(21,22)19-15-16-9-4-10-17-15/h4-11H,3H2,1-2H3,(H,18,20)(H,16,17,19)/t11-/m0/s1. The molecule has 122 valence electrons. The molecule has 8 heteroatoms. The zero-order valence-corrected chi connectivity index (χ0v) is 13.7. The number of hydrogen-bond donors (Lipinski definition) is 2. The molecule has 2 N–H and O–H groups in total. The topological polar surface area (TPSA) is 101 Å². The van der Waals surface area contributed by atoms with E-state index in [0.717, 1.165) is 6.42 Å². The molecule has 0 unspecified atom stereocenters. The molecular formula is C15H18N4O3S. The zero-order valence-electron chi connectivity index (χ0n) is 12.9. The number of rotatable bonds is 6. The van der Waals surface area contributed by atoms with Crippen LogP contribution in [0, 0.1) is 5.92 Å². The highest BCUT2D eigenvalue weighted by Crippen LogP contribution is 2.17. The van der Waals surface area contributed by atoms with Crippen LogP contribution in [0.2, 0.25) is 0 Å². The maximum atomic E-state index is 12.2. The molecule has 0 radical (unpaired) electrons. The largest absolute Gasteiger partial charge is 0.326 e. The van der Waals surface area contributed by atoms with Gasteiger partial charge in [0.05, 0.1) is 4.90 Å². The summed E-state index contributed by atoms with van der Waals surface area (Å²) in [4.78, 5) is 19.5. The molecule has 23 heavy (non-hydrogen) atoms. The summed E-state index contributed by atoms with van der Waals surface area (Å²) in [6.07, 6.45) is 3.62. The Morgan fingerprint density at radius 1 is 1.17 bits per heavy atom. The average Bonchev–Trinajstić information content (AvgIpc) is 2.55. The Kier molecular flexibility index (Phi) is 5.28. The summed E-state index contributed by atoms with van der Waals surface area (Å²) in [6.45, 7) is 3.76. The molecule has 1 atom stereocenters. The lowest BCUT2D eigenvalue weighted by Gasteiger charge is -2.11. The molecular weight excluding hydrogens is 316 g/mol. The number of hydrogen-bond acceptors (Lipinski definition) is 5. The first-order chi connectivity index (χ1) is 10.9. The van der Waals surface area contributed by atoms with Crippen LogP contribution in [0.4, 0.5) is 11.6 Å². The minimum Gasteiger partial charge on any atom is -0.326 e. The molecule has 0 saturated heterocycles. The van der Waals surface area contributed by atoms with Crippen molar-refractivity contribution in [3.63, 3.8) is 0 Å². The van der Waals surface area contributed by atoms with Crippen LogP contribution in [-0.4, -0.2) is 24.3 Å². The Labute approximate surface area is 135 Å². The van der Waals surface area contributed by atoms with E-state index >= 15 is 0 Å². The smallest absolute Gasteiger partial charge is 0.264 e. The first-order valence-electron chi connectivity index (χ1n) is 7.13. The monoisotopic (exact) mass is 334 g/mol. The number of nitrogens with one attached hydrogen (secondary N) is 2. The second kappa shape index (κ2) is 7.19. The molecule has 0 spiro atoms. The molecule has 1 amide bonds. The molecule has 0 aliphatic carbocycles. The summed E-state index contributed by atoms with van der Waals surface area (Å²) in [7, 11) is -3.77. The van der Waals surface area contributed by atoms with E-state index in [1.54, 1.807) is 18.2 Å². The van der Waals surface area contributed by atoms with Crippen LogP contribution in [0.1, 0.15) is 20.3 Å². The number of carbonyl (C=O) groups is 1. The van der Waals surface area contributed by atoms with Crippen molar-refractivity contribution in [3.8, 4) is 0 Å². The molecule has 0 fully saturated rings. The van der Waals surface area contributed by atoms with Crippen LogP contribution in [0.3, 0.4) is 0 Å². The third kappa shape index (κ3) is 4.49. The van der Waals surface area contributed by atoms with Gasteiger partial charge in [0, 0.05) is 24.0 Å². The Bertz CT molecular complexity index is 761. The first-order valence-corrected chi connectivity index (χ1v) is 8.61. The van der Waals surface area contributed by atoms with Gasteiger partial charge in [-0.1, -0.05) is 13.8 Å². The first kappa shape index (κ1) is 16.9. The molecule has 0 aliphatic rings. The van der Waals surface area contributed by atoms with Gasteiger partial charge in [-0.15, -0.1) is 0 Å². The molecule has 1 aromatic heterocycles. The van der Waals surface area contributed by atoms with Gasteiger partial charge >= 0.3 is 0 Å². The molecule has 0 saturated carbocycles. The lowest BCUT2D eigenvalue weighted by atomic mass is 10.1. The molecule has 2 aromatic rings. The van der Waals surface area contributed by atoms with Crippen LogP contribution in [0.15, 0.2) is 47.6 Å². The zero-order chi connectivity index (χ0) is 16.9. The SMILES string of the molecule is CC[C@H](C)C(=O)Nc1ccc(S(=O)(=O)Nc2ncccn2)cc1. The number of amides is 1. The van der Waals surface area contributed by atoms with Gasteiger partial charge in [0.15, 0.2) is 0 Å². The number of aromatic nitrogens is 2. The van der Waals surface area contributed by atoms with Crippen molar-refractivity contribution in [1.82, 2.24) is 9.97 Å². The van der Waals surface area contributed by atoms with E-state index in [9.17, 15) is 13.2 Å². The van der Waals surface area contributed by atoms with E-state index in [4.69, 9.17) is 0 Å². The van der Waals surface area contributed by atoms with Gasteiger partial charge in [-0.25, -0.2) is 23.1 Å². The Morgan fingerprint density at radius 2 is 1.78 bits per heavy atom. The maximum absolute atomic E-state index is 12.2. The fraction of sp³-hybridized carbons (Fsp3) is 0.267. The van der Waals surface area contributed by atoms with Gasteiger partial charge in [-0.2, -0.15) is 0 Å². The number of benzene rings is 1. The molecule has 1 heterocycles. The van der Waals surface area contributed by atoms with E-state index in [2.05, 4.69) is 20.0 Å². The number of anilines is 2. The average molecular weight is 334 g/mol. The Morgan fingerprint density at radius 3 is 2.35 bits per heavy atom. The van der Waals surface area contributed by atoms with Gasteiger partial charge in [-0.3, -0.25) is 4.79 Å². The number of nitrogens with zero attached hydrogens (tertiary/aromatic N) is 2. The summed E-state index contributed by atoms with van der Waals surface area (Å²) in [6, 6.07) is 7.50. The van der Waals surface area contributed by atoms with Gasteiger partial charge in [-0.05, 0) is 36.8 Å². The molecule has 0 aliphatic heterocycles. The fourth-order valence-corrected chi connectivity index (χ4v) is 2.66. The van der Waals surface area contributed by atoms with Crippen LogP contribution in [0.5, 0.6) is 0 Å². The maximum Gasteiger partial charge on any atom is 0.264 e. The van der Waals surface area contributed by atoms with E-state index in [1.165, 1.54) is 24.5 Å². The van der Waals surface area contributed by atoms with Gasteiger partial charge in [0.25, 0.3) is 10.0 Å². The normalized spacial score (nSPS) is 12.4. The van der Waals surface area contributed by atoms with Crippen molar-refractivity contribution in [2.24, 2.45) is 5.92 Å². The minimum absolute atomic E-state index is 0.00153. The van der Waals surface area contributed by atoms with Crippen molar-refractivity contribution in [2.75, 3.05) is 10.0 Å². The van der Waals surface area contributed by atoms with Gasteiger partial charge < -0.3 is 5.32 Å². The highest BCUT2D eigenvalue weighted by Gasteiger charge is 2.16. The summed E-state index contributed by atoms with van der Waals surface area (Å²) in [5.74, 6) is -0.198. The highest BCUT2D eigenvalue weighted by molar-refractivity contribution is 7.92. The van der Waals surface area contributed by atoms with E-state index < -0.39 is 10.0 Å². The minimum atomic E-state index is -3.77. The third-order valence-corrected chi connectivity index (χ3v) is 4.63. The van der Waals surface area contributed by atoms with E-state index in [-0.39, 0.29) is 22.7 Å². The summed E-state index contributed by atoms with van der Waals surface area (Å²) in [5, 5.41) is 2.74. The summed E-state index contributed by atoms with van der Waals surface area (Å²) >= 11 is 0. The van der Waals surface area contributed by atoms with Crippen LogP contribution in [0.25, 0.3) is 0 Å². The van der Waals surface area contributed by atoms with Crippen molar-refractivity contribution >= 4 is 27.6 Å². The van der Waals surface area contributed by atoms with Crippen molar-refractivity contribution < 1.29 is 13.2 Å². The summed E-state index contributed by atoms with van der Waals surface area (Å²) in [5.41, 5.74) is 0.546. The van der Waals surface area contributed by atoms with E-state index in [0.29, 0.717) is 5.69 Å². The second-order valence-corrected chi connectivity index (χ2v) is 6.68. The lowest BCUT2D eigenvalue weighted by Crippen LogP contribution is -2.19. The van der Waals surface area contributed by atoms with Gasteiger partial charge in [0.2, 0.25) is 11.9 Å². The second-order valence-electron chi connectivity index (χ2n) is 5.00. The fourth-order valence-electron chi connectivity index (χ4n) is 1.70. The molecule has 1 aromatic carbocycles. The summed E-state index contributed by atoms with van der Waals surface area (Å²) < 4.78 is 26.7. The van der Waals surface area contributed by atoms with Crippen molar-refractivity contribution in [1.29, 1.82) is 0 Å². The van der Waals surface area contributed by atoms with E-state index in [1.807, 2.05) is 13.8 Å². The predicted octanol–water partition coefficient (Wildman–Crippen LogP) is 2.26. The third-order valence-electron chi connectivity index (χ3n) is 3.28. The number of sulfonamides is 1. The number of carbonyl (C=O) groups excluding carboxylic acids is 1. The highest BCUT2D eigenvalue weighted by atomic mass is 32.2.